The lowest BCUT2D eigenvalue weighted by Gasteiger charge is -2.08. The number of hydrogen-bond donors (Lipinski definition) is 0. The van der Waals surface area contributed by atoms with Crippen molar-refractivity contribution in [1.29, 1.82) is 0 Å². The Hall–Kier alpha value is -2.60. The third-order valence-corrected chi connectivity index (χ3v) is 3.29. The van der Waals surface area contributed by atoms with Crippen LogP contribution in [0.1, 0.15) is 0 Å². The van der Waals surface area contributed by atoms with Crippen molar-refractivity contribution in [2.45, 2.75) is 0 Å². The van der Waals surface area contributed by atoms with Crippen LogP contribution >= 0.6 is 11.6 Å². The summed E-state index contributed by atoms with van der Waals surface area (Å²) in [6.45, 7) is -0.639. The lowest BCUT2D eigenvalue weighted by molar-refractivity contribution is -0.307. The molecular weight excluding hydrogens is 313 g/mol. The van der Waals surface area contributed by atoms with Crippen molar-refractivity contribution in [2.24, 2.45) is 0 Å². The van der Waals surface area contributed by atoms with Gasteiger partial charge < -0.3 is 19.2 Å². The van der Waals surface area contributed by atoms with E-state index in [0.717, 1.165) is 0 Å². The Kier molecular flexibility index (Phi) is 3.68. The zero-order valence-corrected chi connectivity index (χ0v) is 11.8. The first-order valence-electron chi connectivity index (χ1n) is 6.22. The molecule has 22 heavy (non-hydrogen) atoms. The fourth-order valence-electron chi connectivity index (χ4n) is 2.03. The molecule has 112 valence electrons. The molecule has 1 aromatic heterocycles. The van der Waals surface area contributed by atoms with Crippen LogP contribution in [0.3, 0.4) is 0 Å². The number of rotatable bonds is 4. The van der Waals surface area contributed by atoms with Gasteiger partial charge >= 0.3 is 0 Å². The molecule has 0 saturated carbocycles. The molecule has 0 N–H and O–H groups in total. The molecule has 0 aliphatic rings. The highest BCUT2D eigenvalue weighted by Gasteiger charge is 2.16. The second-order valence-electron chi connectivity index (χ2n) is 4.45. The first-order chi connectivity index (χ1) is 10.6. The first-order valence-corrected chi connectivity index (χ1v) is 6.60. The predicted molar refractivity (Wildman–Crippen MR) is 74.9 cm³/mol. The Labute approximate surface area is 128 Å². The number of hydrogen-bond acceptors (Lipinski definition) is 5. The summed E-state index contributed by atoms with van der Waals surface area (Å²) in [4.78, 5) is 10.4. The van der Waals surface area contributed by atoms with Gasteiger partial charge in [-0.1, -0.05) is 28.9 Å². The summed E-state index contributed by atoms with van der Waals surface area (Å²) in [5, 5.41) is 14.9. The minimum absolute atomic E-state index is 0.120. The van der Waals surface area contributed by atoms with Crippen LogP contribution in [0.4, 0.5) is 4.39 Å². The average Bonchev–Trinajstić information content (AvgIpc) is 2.88. The highest BCUT2D eigenvalue weighted by Crippen LogP contribution is 2.36. The molecule has 3 aromatic rings. The molecule has 0 bridgehead atoms. The molecule has 0 spiro atoms. The number of nitrogens with zero attached hydrogens (tertiary/aromatic N) is 1. The predicted octanol–water partition coefficient (Wildman–Crippen LogP) is 2.42. The summed E-state index contributed by atoms with van der Waals surface area (Å²) in [5.74, 6) is -1.69. The van der Waals surface area contributed by atoms with Crippen LogP contribution in [0.25, 0.3) is 22.2 Å². The van der Waals surface area contributed by atoms with Crippen molar-refractivity contribution in [1.82, 2.24) is 5.16 Å². The summed E-state index contributed by atoms with van der Waals surface area (Å²) in [6.07, 6.45) is 0. The van der Waals surface area contributed by atoms with Crippen LogP contribution < -0.4 is 9.84 Å². The Morgan fingerprint density at radius 2 is 2.14 bits per heavy atom. The minimum Gasteiger partial charge on any atom is -0.546 e. The van der Waals surface area contributed by atoms with Gasteiger partial charge in [-0.3, -0.25) is 0 Å². The van der Waals surface area contributed by atoms with E-state index < -0.39 is 18.4 Å². The fourth-order valence-corrected chi connectivity index (χ4v) is 2.25. The van der Waals surface area contributed by atoms with E-state index in [1.807, 2.05) is 0 Å². The largest absolute Gasteiger partial charge is 0.546 e. The van der Waals surface area contributed by atoms with Crippen LogP contribution in [0.5, 0.6) is 5.75 Å². The van der Waals surface area contributed by atoms with E-state index in [-0.39, 0.29) is 16.3 Å². The van der Waals surface area contributed by atoms with E-state index in [2.05, 4.69) is 5.16 Å². The number of carboxylic acid groups (broad SMARTS) is 1. The molecule has 5 nitrogen and oxygen atoms in total. The number of fused-ring (bicyclic) bond motifs is 1. The number of carbonyl (C=O) groups is 1. The van der Waals surface area contributed by atoms with Crippen LogP contribution in [0.2, 0.25) is 5.02 Å². The highest BCUT2D eigenvalue weighted by atomic mass is 35.5. The number of carboxylic acids is 1. The van der Waals surface area contributed by atoms with E-state index in [0.29, 0.717) is 16.7 Å². The van der Waals surface area contributed by atoms with E-state index in [9.17, 15) is 14.3 Å². The molecule has 7 heteroatoms. The van der Waals surface area contributed by atoms with Crippen molar-refractivity contribution in [2.75, 3.05) is 6.61 Å². The van der Waals surface area contributed by atoms with Gasteiger partial charge in [-0.05, 0) is 18.2 Å². The minimum atomic E-state index is -1.37. The van der Waals surface area contributed by atoms with Crippen LogP contribution in [0.15, 0.2) is 40.9 Å². The molecule has 3 rings (SSSR count). The van der Waals surface area contributed by atoms with E-state index in [1.54, 1.807) is 18.2 Å². The molecular formula is C15H8ClFNO4-. The SMILES string of the molecule is O=C([O-])COc1cc2onc(-c3ccccc3F)c2cc1Cl. The van der Waals surface area contributed by atoms with Crippen molar-refractivity contribution >= 4 is 28.5 Å². The van der Waals surface area contributed by atoms with Gasteiger partial charge in [0.15, 0.2) is 5.58 Å². The summed E-state index contributed by atoms with van der Waals surface area (Å²) in [6, 6.07) is 9.02. The maximum atomic E-state index is 13.9. The second kappa shape index (κ2) is 5.65. The van der Waals surface area contributed by atoms with Crippen LogP contribution in [-0.4, -0.2) is 17.7 Å². The average molecular weight is 321 g/mol. The summed E-state index contributed by atoms with van der Waals surface area (Å²) < 4.78 is 24.0. The van der Waals surface area contributed by atoms with E-state index >= 15 is 0 Å². The molecule has 0 saturated heterocycles. The number of aliphatic carboxylic acids is 1. The molecule has 0 aliphatic heterocycles. The maximum Gasteiger partial charge on any atom is 0.171 e. The highest BCUT2D eigenvalue weighted by molar-refractivity contribution is 6.33. The molecule has 0 unspecified atom stereocenters. The second-order valence-corrected chi connectivity index (χ2v) is 4.86. The van der Waals surface area contributed by atoms with Gasteiger partial charge in [0.2, 0.25) is 0 Å². The molecule has 0 amide bonds. The van der Waals surface area contributed by atoms with Gasteiger partial charge in [0.05, 0.1) is 16.4 Å². The standard InChI is InChI=1S/C15H9ClFNO4/c16-10-5-9-12(6-13(10)21-7-14(19)20)22-18-15(9)8-3-1-2-4-11(8)17/h1-6H,7H2,(H,19,20)/p-1. The third kappa shape index (κ3) is 2.60. The van der Waals surface area contributed by atoms with Crippen molar-refractivity contribution in [3.8, 4) is 17.0 Å². The molecule has 0 radical (unpaired) electrons. The van der Waals surface area contributed by atoms with E-state index in [4.69, 9.17) is 20.9 Å². The molecule has 0 atom stereocenters. The molecule has 1 heterocycles. The van der Waals surface area contributed by atoms with Gasteiger partial charge in [0, 0.05) is 11.6 Å². The topological polar surface area (TPSA) is 75.4 Å². The maximum absolute atomic E-state index is 13.9. The summed E-state index contributed by atoms with van der Waals surface area (Å²) in [5.41, 5.74) is 0.887. The normalized spacial score (nSPS) is 10.8. The monoisotopic (exact) mass is 320 g/mol. The van der Waals surface area contributed by atoms with Crippen LogP contribution in [-0.2, 0) is 4.79 Å². The Morgan fingerprint density at radius 1 is 1.36 bits per heavy atom. The van der Waals surface area contributed by atoms with Gasteiger partial charge in [0.1, 0.15) is 23.9 Å². The van der Waals surface area contributed by atoms with Crippen molar-refractivity contribution in [3.05, 3.63) is 47.2 Å². The quantitative estimate of drug-likeness (QED) is 0.738. The van der Waals surface area contributed by atoms with Gasteiger partial charge in [-0.25, -0.2) is 4.39 Å². The van der Waals surface area contributed by atoms with Gasteiger partial charge in [-0.15, -0.1) is 0 Å². The third-order valence-electron chi connectivity index (χ3n) is 3.00. The van der Waals surface area contributed by atoms with Gasteiger partial charge in [-0.2, -0.15) is 0 Å². The number of aromatic nitrogens is 1. The fraction of sp³-hybridized carbons (Fsp3) is 0.0667. The zero-order chi connectivity index (χ0) is 15.7. The Bertz CT molecular complexity index is 862. The summed E-state index contributed by atoms with van der Waals surface area (Å²) >= 11 is 6.04. The number of benzene rings is 2. The smallest absolute Gasteiger partial charge is 0.171 e. The Balaban J connectivity index is 2.07. The Morgan fingerprint density at radius 3 is 2.86 bits per heavy atom. The molecule has 0 aliphatic carbocycles. The van der Waals surface area contributed by atoms with Gasteiger partial charge in [0.25, 0.3) is 0 Å². The number of ether oxygens (including phenoxy) is 1. The van der Waals surface area contributed by atoms with E-state index in [1.165, 1.54) is 18.2 Å². The first kappa shape index (κ1) is 14.3. The molecule has 2 aromatic carbocycles. The number of carbonyl (C=O) groups excluding carboxylic acids is 1. The van der Waals surface area contributed by atoms with Crippen molar-refractivity contribution < 1.29 is 23.6 Å². The number of halogens is 2. The van der Waals surface area contributed by atoms with Crippen LogP contribution in [0, 0.1) is 5.82 Å². The van der Waals surface area contributed by atoms with Crippen molar-refractivity contribution in [3.63, 3.8) is 0 Å². The lowest BCUT2D eigenvalue weighted by atomic mass is 10.1. The summed E-state index contributed by atoms with van der Waals surface area (Å²) in [7, 11) is 0. The zero-order valence-electron chi connectivity index (χ0n) is 11.0. The lowest BCUT2D eigenvalue weighted by Crippen LogP contribution is -2.28. The molecule has 0 fully saturated rings.